The molecule has 0 saturated carbocycles. The maximum Gasteiger partial charge on any atom is 0.228 e. The first-order chi connectivity index (χ1) is 16.0. The molecular formula is C24H24ClN5O3. The van der Waals surface area contributed by atoms with Gasteiger partial charge in [0.25, 0.3) is 0 Å². The van der Waals surface area contributed by atoms with Gasteiger partial charge in [0.15, 0.2) is 0 Å². The second-order valence-corrected chi connectivity index (χ2v) is 8.82. The third kappa shape index (κ3) is 4.43. The van der Waals surface area contributed by atoms with Crippen molar-refractivity contribution in [2.75, 3.05) is 42.5 Å². The average Bonchev–Trinajstić information content (AvgIpc) is 3.45. The van der Waals surface area contributed by atoms with Gasteiger partial charge < -0.3 is 19.2 Å². The summed E-state index contributed by atoms with van der Waals surface area (Å²) < 4.78 is 5.06. The quantitative estimate of drug-likeness (QED) is 0.587. The summed E-state index contributed by atoms with van der Waals surface area (Å²) in [7, 11) is 0. The minimum Gasteiger partial charge on any atom is -0.368 e. The topological polar surface area (TPSA) is 82.8 Å². The van der Waals surface area contributed by atoms with E-state index in [0.717, 1.165) is 30.0 Å². The number of carbonyl (C=O) groups is 2. The third-order valence-electron chi connectivity index (χ3n) is 6.20. The lowest BCUT2D eigenvalue weighted by Crippen LogP contribution is -2.50. The molecule has 1 unspecified atom stereocenters. The van der Waals surface area contributed by atoms with Crippen LogP contribution in [0, 0.1) is 12.8 Å². The fourth-order valence-corrected chi connectivity index (χ4v) is 4.57. The van der Waals surface area contributed by atoms with Gasteiger partial charge in [0.1, 0.15) is 0 Å². The minimum atomic E-state index is -0.337. The number of aryl methyl sites for hydroxylation is 1. The maximum atomic E-state index is 13.2. The minimum absolute atomic E-state index is 0.0467. The molecule has 1 aromatic heterocycles. The van der Waals surface area contributed by atoms with Crippen LogP contribution in [0.15, 0.2) is 53.1 Å². The number of rotatable bonds is 4. The average molecular weight is 466 g/mol. The van der Waals surface area contributed by atoms with Gasteiger partial charge in [-0.2, -0.15) is 4.98 Å². The van der Waals surface area contributed by atoms with Gasteiger partial charge in [-0.1, -0.05) is 28.9 Å². The first kappa shape index (κ1) is 21.5. The lowest BCUT2D eigenvalue weighted by molar-refractivity contribution is -0.136. The molecule has 0 N–H and O–H groups in total. The molecule has 8 nitrogen and oxygen atoms in total. The number of carbonyl (C=O) groups excluding carboxylic acids is 2. The summed E-state index contributed by atoms with van der Waals surface area (Å²) >= 11 is 5.98. The first-order valence-electron chi connectivity index (χ1n) is 11.0. The van der Waals surface area contributed by atoms with Gasteiger partial charge in [-0.05, 0) is 36.4 Å². The van der Waals surface area contributed by atoms with Crippen molar-refractivity contribution in [3.8, 4) is 11.4 Å². The number of aromatic nitrogens is 2. The van der Waals surface area contributed by atoms with Crippen molar-refractivity contribution >= 4 is 34.8 Å². The number of nitrogens with zero attached hydrogens (tertiary/aromatic N) is 5. The first-order valence-corrected chi connectivity index (χ1v) is 11.4. The zero-order valence-electron chi connectivity index (χ0n) is 18.3. The SMILES string of the molecule is Cc1nc(-c2cccc(N3CC(C(=O)N4CCN(c5ccc(Cl)cc5)CC4)CC3=O)c2)no1. The Morgan fingerprint density at radius 1 is 1.06 bits per heavy atom. The maximum absolute atomic E-state index is 13.2. The van der Waals surface area contributed by atoms with E-state index >= 15 is 0 Å². The Morgan fingerprint density at radius 3 is 2.52 bits per heavy atom. The standard InChI is InChI=1S/C24H24ClN5O3/c1-16-26-23(27-33-16)17-3-2-4-21(13-17)30-15-18(14-22(30)31)24(32)29-11-9-28(10-12-29)20-7-5-19(25)6-8-20/h2-8,13,18H,9-12,14-15H2,1H3. The summed E-state index contributed by atoms with van der Waals surface area (Å²) in [5, 5.41) is 4.66. The number of anilines is 2. The number of halogens is 1. The molecule has 170 valence electrons. The van der Waals surface area contributed by atoms with Crippen LogP contribution in [0.25, 0.3) is 11.4 Å². The molecule has 2 aromatic carbocycles. The van der Waals surface area contributed by atoms with E-state index in [4.69, 9.17) is 16.1 Å². The molecule has 2 aliphatic heterocycles. The van der Waals surface area contributed by atoms with Crippen molar-refractivity contribution < 1.29 is 14.1 Å². The van der Waals surface area contributed by atoms with Gasteiger partial charge >= 0.3 is 0 Å². The van der Waals surface area contributed by atoms with Crippen LogP contribution in [0.2, 0.25) is 5.02 Å². The predicted molar refractivity (Wildman–Crippen MR) is 125 cm³/mol. The largest absolute Gasteiger partial charge is 0.368 e. The summed E-state index contributed by atoms with van der Waals surface area (Å²) in [5.74, 6) is 0.624. The van der Waals surface area contributed by atoms with Gasteiger partial charge in [-0.15, -0.1) is 0 Å². The zero-order chi connectivity index (χ0) is 22.9. The van der Waals surface area contributed by atoms with Crippen LogP contribution in [-0.4, -0.2) is 59.6 Å². The molecule has 2 amide bonds. The highest BCUT2D eigenvalue weighted by molar-refractivity contribution is 6.30. The summed E-state index contributed by atoms with van der Waals surface area (Å²) in [6.45, 7) is 4.89. The molecule has 1 atom stereocenters. The molecule has 5 rings (SSSR count). The van der Waals surface area contributed by atoms with Crippen molar-refractivity contribution in [1.29, 1.82) is 0 Å². The summed E-state index contributed by atoms with van der Waals surface area (Å²) in [6.07, 6.45) is 0.224. The van der Waals surface area contributed by atoms with Crippen LogP contribution in [0.1, 0.15) is 12.3 Å². The Bertz CT molecular complexity index is 1170. The van der Waals surface area contributed by atoms with Gasteiger partial charge in [0.2, 0.25) is 23.5 Å². The van der Waals surface area contributed by atoms with E-state index < -0.39 is 0 Å². The molecular weight excluding hydrogens is 442 g/mol. The Morgan fingerprint density at radius 2 is 1.82 bits per heavy atom. The van der Waals surface area contributed by atoms with Crippen LogP contribution in [0.5, 0.6) is 0 Å². The van der Waals surface area contributed by atoms with E-state index in [1.807, 2.05) is 53.4 Å². The van der Waals surface area contributed by atoms with Gasteiger partial charge in [0, 0.05) is 68.0 Å². The van der Waals surface area contributed by atoms with Crippen LogP contribution in [-0.2, 0) is 9.59 Å². The van der Waals surface area contributed by atoms with E-state index in [-0.39, 0.29) is 24.2 Å². The molecule has 9 heteroatoms. The fourth-order valence-electron chi connectivity index (χ4n) is 4.45. The highest BCUT2D eigenvalue weighted by Crippen LogP contribution is 2.30. The number of piperazine rings is 1. The molecule has 33 heavy (non-hydrogen) atoms. The monoisotopic (exact) mass is 465 g/mol. The molecule has 2 aliphatic rings. The molecule has 2 saturated heterocycles. The summed E-state index contributed by atoms with van der Waals surface area (Å²) in [5.41, 5.74) is 2.61. The second-order valence-electron chi connectivity index (χ2n) is 8.38. The molecule has 0 spiro atoms. The molecule has 0 radical (unpaired) electrons. The van der Waals surface area contributed by atoms with Crippen molar-refractivity contribution in [2.45, 2.75) is 13.3 Å². The van der Waals surface area contributed by atoms with Crippen molar-refractivity contribution in [2.24, 2.45) is 5.92 Å². The lowest BCUT2D eigenvalue weighted by Gasteiger charge is -2.37. The van der Waals surface area contributed by atoms with Crippen molar-refractivity contribution in [3.05, 3.63) is 59.4 Å². The van der Waals surface area contributed by atoms with Crippen LogP contribution in [0.4, 0.5) is 11.4 Å². The van der Waals surface area contributed by atoms with E-state index in [1.165, 1.54) is 0 Å². The predicted octanol–water partition coefficient (Wildman–Crippen LogP) is 3.40. The molecule has 3 aromatic rings. The highest BCUT2D eigenvalue weighted by Gasteiger charge is 2.38. The second kappa shape index (κ2) is 8.86. The highest BCUT2D eigenvalue weighted by atomic mass is 35.5. The van der Waals surface area contributed by atoms with Crippen molar-refractivity contribution in [1.82, 2.24) is 15.0 Å². The van der Waals surface area contributed by atoms with Crippen molar-refractivity contribution in [3.63, 3.8) is 0 Å². The van der Waals surface area contributed by atoms with E-state index in [9.17, 15) is 9.59 Å². The Balaban J connectivity index is 1.23. The smallest absolute Gasteiger partial charge is 0.228 e. The lowest BCUT2D eigenvalue weighted by atomic mass is 10.1. The molecule has 0 bridgehead atoms. The number of benzene rings is 2. The fraction of sp³-hybridized carbons (Fsp3) is 0.333. The van der Waals surface area contributed by atoms with E-state index in [2.05, 4.69) is 15.0 Å². The molecule has 0 aliphatic carbocycles. The Hall–Kier alpha value is -3.39. The van der Waals surface area contributed by atoms with Gasteiger partial charge in [0.05, 0.1) is 5.92 Å². The zero-order valence-corrected chi connectivity index (χ0v) is 19.0. The van der Waals surface area contributed by atoms with E-state index in [1.54, 1.807) is 11.8 Å². The van der Waals surface area contributed by atoms with Crippen LogP contribution in [0.3, 0.4) is 0 Å². The number of hydrogen-bond donors (Lipinski definition) is 0. The number of hydrogen-bond acceptors (Lipinski definition) is 6. The van der Waals surface area contributed by atoms with Gasteiger partial charge in [-0.3, -0.25) is 9.59 Å². The third-order valence-corrected chi connectivity index (χ3v) is 6.45. The van der Waals surface area contributed by atoms with Gasteiger partial charge in [-0.25, -0.2) is 0 Å². The summed E-state index contributed by atoms with van der Waals surface area (Å²) in [4.78, 5) is 36.0. The van der Waals surface area contributed by atoms with Crippen LogP contribution >= 0.6 is 11.6 Å². The normalized spacial score (nSPS) is 18.8. The van der Waals surface area contributed by atoms with E-state index in [0.29, 0.717) is 36.4 Å². The summed E-state index contributed by atoms with van der Waals surface area (Å²) in [6, 6.07) is 15.2. The molecule has 3 heterocycles. The Labute approximate surface area is 196 Å². The molecule has 2 fully saturated rings. The van der Waals surface area contributed by atoms with Crippen LogP contribution < -0.4 is 9.80 Å². The Kier molecular flexibility index (Phi) is 5.76. The number of amides is 2.